The number of benzene rings is 1. The molecule has 174 valence electrons. The monoisotopic (exact) mass is 461 g/mol. The average Bonchev–Trinajstić information content (AvgIpc) is 3.28. The molecule has 0 bridgehead atoms. The van der Waals surface area contributed by atoms with Gasteiger partial charge in [0.2, 0.25) is 0 Å². The fraction of sp³-hybridized carbons (Fsp3) is 0.609. The molecule has 0 spiro atoms. The summed E-state index contributed by atoms with van der Waals surface area (Å²) in [6, 6.07) is 8.39. The van der Waals surface area contributed by atoms with Crippen molar-refractivity contribution >= 4 is 29.2 Å². The van der Waals surface area contributed by atoms with Gasteiger partial charge in [-0.05, 0) is 31.9 Å². The fourth-order valence-corrected chi connectivity index (χ4v) is 5.57. The normalized spacial score (nSPS) is 34.5. The summed E-state index contributed by atoms with van der Waals surface area (Å²) in [5.41, 5.74) is 2.54. The third-order valence-electron chi connectivity index (χ3n) is 6.33. The van der Waals surface area contributed by atoms with Crippen LogP contribution in [0.15, 0.2) is 29.3 Å². The van der Waals surface area contributed by atoms with Gasteiger partial charge in [0.1, 0.15) is 0 Å². The van der Waals surface area contributed by atoms with Gasteiger partial charge in [-0.15, -0.1) is 11.8 Å². The molecule has 0 aromatic heterocycles. The second-order valence-corrected chi connectivity index (χ2v) is 10.3. The van der Waals surface area contributed by atoms with Crippen LogP contribution in [0.5, 0.6) is 0 Å². The van der Waals surface area contributed by atoms with Crippen molar-refractivity contribution < 1.29 is 24.2 Å². The highest BCUT2D eigenvalue weighted by molar-refractivity contribution is 8.12. The third kappa shape index (κ3) is 4.85. The Morgan fingerprint density at radius 2 is 2.09 bits per heavy atom. The van der Waals surface area contributed by atoms with E-state index in [4.69, 9.17) is 9.47 Å². The van der Waals surface area contributed by atoms with Crippen molar-refractivity contribution in [2.45, 2.75) is 75.4 Å². The molecule has 0 saturated carbocycles. The first-order valence-corrected chi connectivity index (χ1v) is 11.9. The highest BCUT2D eigenvalue weighted by Gasteiger charge is 2.60. The molecule has 0 radical (unpaired) electrons. The summed E-state index contributed by atoms with van der Waals surface area (Å²) in [6.45, 7) is 7.86. The number of amides is 1. The number of carbonyl (C=O) groups excluding carboxylic acids is 2. The average molecular weight is 462 g/mol. The number of epoxide rings is 1. The van der Waals surface area contributed by atoms with Crippen molar-refractivity contribution in [2.24, 2.45) is 4.99 Å². The lowest BCUT2D eigenvalue weighted by Crippen LogP contribution is -2.54. The molecule has 3 unspecified atom stereocenters. The minimum absolute atomic E-state index is 0.170. The Labute approximate surface area is 192 Å². The SMILES string of the molecule is CC(=O)O[C@@H](C)C(=O)N1C[C@@](C)(O)C[C@H]1C1(NCc2ccc(C3SC=NC3C)cc2)CO1. The summed E-state index contributed by atoms with van der Waals surface area (Å²) < 4.78 is 10.9. The number of aliphatic hydroxyl groups is 1. The number of hydrogen-bond acceptors (Lipinski definition) is 8. The molecule has 1 aromatic rings. The molecular weight excluding hydrogens is 430 g/mol. The first-order valence-electron chi connectivity index (χ1n) is 11.0. The van der Waals surface area contributed by atoms with Crippen molar-refractivity contribution in [1.82, 2.24) is 10.2 Å². The molecule has 6 atom stereocenters. The Morgan fingerprint density at radius 1 is 1.41 bits per heavy atom. The first-order chi connectivity index (χ1) is 15.1. The van der Waals surface area contributed by atoms with E-state index in [-0.39, 0.29) is 24.5 Å². The number of esters is 1. The number of ether oxygens (including phenoxy) is 2. The van der Waals surface area contributed by atoms with Crippen molar-refractivity contribution in [3.63, 3.8) is 0 Å². The predicted molar refractivity (Wildman–Crippen MR) is 122 cm³/mol. The molecule has 3 aliphatic rings. The summed E-state index contributed by atoms with van der Waals surface area (Å²) in [7, 11) is 0. The first kappa shape index (κ1) is 23.2. The number of nitrogens with one attached hydrogen (secondary N) is 1. The smallest absolute Gasteiger partial charge is 0.303 e. The second-order valence-electron chi connectivity index (χ2n) is 9.26. The topological polar surface area (TPSA) is 104 Å². The van der Waals surface area contributed by atoms with E-state index in [1.807, 2.05) is 5.55 Å². The van der Waals surface area contributed by atoms with E-state index in [2.05, 4.69) is 41.5 Å². The number of β-amino-alcohol motifs (C(OH)–C–C–N with tert-alkyl or cyclic N) is 1. The zero-order valence-electron chi connectivity index (χ0n) is 18.9. The molecule has 4 rings (SSSR count). The molecule has 0 aliphatic carbocycles. The van der Waals surface area contributed by atoms with E-state index < -0.39 is 23.4 Å². The highest BCUT2D eigenvalue weighted by Crippen LogP contribution is 2.41. The summed E-state index contributed by atoms with van der Waals surface area (Å²) in [5.74, 6) is -0.835. The standard InChI is InChI=1S/C23H31N3O5S/c1-14-20(32-13-24-14)18-7-5-17(6-8-18)10-25-23(12-30-23)19-9-22(4,29)11-26(19)21(28)15(2)31-16(3)27/h5-8,13-15,19-20,25,29H,9-12H2,1-4H3/t14?,15-,19-,20?,22-,23?/m0/s1. The van der Waals surface area contributed by atoms with Gasteiger partial charge in [0, 0.05) is 26.4 Å². The van der Waals surface area contributed by atoms with Gasteiger partial charge in [-0.2, -0.15) is 0 Å². The molecule has 2 saturated heterocycles. The number of thioether (sulfide) groups is 1. The molecular formula is C23H31N3O5S. The van der Waals surface area contributed by atoms with Crippen LogP contribution in [0.1, 0.15) is 50.5 Å². The van der Waals surface area contributed by atoms with Crippen LogP contribution in [0.3, 0.4) is 0 Å². The van der Waals surface area contributed by atoms with Gasteiger partial charge in [-0.25, -0.2) is 0 Å². The molecule has 1 amide bonds. The summed E-state index contributed by atoms with van der Waals surface area (Å²) >= 11 is 1.74. The van der Waals surface area contributed by atoms with Gasteiger partial charge < -0.3 is 19.5 Å². The largest absolute Gasteiger partial charge is 0.453 e. The Bertz CT molecular complexity index is 899. The zero-order valence-corrected chi connectivity index (χ0v) is 19.7. The molecule has 3 heterocycles. The lowest BCUT2D eigenvalue weighted by molar-refractivity contribution is -0.158. The number of nitrogens with zero attached hydrogens (tertiary/aromatic N) is 2. The highest BCUT2D eigenvalue weighted by atomic mass is 32.2. The number of rotatable bonds is 7. The molecule has 2 fully saturated rings. The van der Waals surface area contributed by atoms with E-state index in [0.717, 1.165) is 5.56 Å². The van der Waals surface area contributed by atoms with E-state index >= 15 is 0 Å². The van der Waals surface area contributed by atoms with Crippen molar-refractivity contribution in [3.05, 3.63) is 35.4 Å². The van der Waals surface area contributed by atoms with Crippen LogP contribution in [-0.4, -0.2) is 70.1 Å². The minimum atomic E-state index is -1.03. The maximum absolute atomic E-state index is 13.0. The van der Waals surface area contributed by atoms with E-state index in [9.17, 15) is 14.7 Å². The summed E-state index contributed by atoms with van der Waals surface area (Å²) in [6.07, 6.45) is -0.527. The third-order valence-corrected chi connectivity index (χ3v) is 7.53. The Kier molecular flexibility index (Phi) is 6.37. The molecule has 2 N–H and O–H groups in total. The fourth-order valence-electron chi connectivity index (χ4n) is 4.56. The minimum Gasteiger partial charge on any atom is -0.453 e. The van der Waals surface area contributed by atoms with Crippen LogP contribution < -0.4 is 5.32 Å². The van der Waals surface area contributed by atoms with E-state index in [0.29, 0.717) is 24.8 Å². The van der Waals surface area contributed by atoms with Crippen LogP contribution in [0.25, 0.3) is 0 Å². The van der Waals surface area contributed by atoms with Crippen LogP contribution in [-0.2, 0) is 25.6 Å². The van der Waals surface area contributed by atoms with Gasteiger partial charge in [-0.1, -0.05) is 24.3 Å². The zero-order chi connectivity index (χ0) is 23.1. The molecule has 8 nitrogen and oxygen atoms in total. The quantitative estimate of drug-likeness (QED) is 0.473. The molecule has 1 aromatic carbocycles. The van der Waals surface area contributed by atoms with Crippen LogP contribution in [0.4, 0.5) is 0 Å². The van der Waals surface area contributed by atoms with Crippen LogP contribution >= 0.6 is 11.8 Å². The Balaban J connectivity index is 1.42. The Morgan fingerprint density at radius 3 is 2.66 bits per heavy atom. The maximum Gasteiger partial charge on any atom is 0.303 e. The predicted octanol–water partition coefficient (Wildman–Crippen LogP) is 2.01. The van der Waals surface area contributed by atoms with Gasteiger partial charge in [0.15, 0.2) is 11.8 Å². The van der Waals surface area contributed by atoms with E-state index in [1.54, 1.807) is 30.5 Å². The number of aliphatic imine (C=N–C) groups is 1. The number of likely N-dealkylation sites (tertiary alicyclic amines) is 1. The molecule has 9 heteroatoms. The van der Waals surface area contributed by atoms with Crippen LogP contribution in [0, 0.1) is 0 Å². The second kappa shape index (κ2) is 8.78. The van der Waals surface area contributed by atoms with Crippen molar-refractivity contribution in [1.29, 1.82) is 0 Å². The number of carbonyl (C=O) groups is 2. The van der Waals surface area contributed by atoms with Gasteiger partial charge in [0.05, 0.1) is 35.1 Å². The van der Waals surface area contributed by atoms with Crippen molar-refractivity contribution in [3.8, 4) is 0 Å². The van der Waals surface area contributed by atoms with E-state index in [1.165, 1.54) is 12.5 Å². The summed E-state index contributed by atoms with van der Waals surface area (Å²) in [4.78, 5) is 30.3. The van der Waals surface area contributed by atoms with Gasteiger partial charge >= 0.3 is 5.97 Å². The number of hydrogen-bond donors (Lipinski definition) is 2. The van der Waals surface area contributed by atoms with Crippen LogP contribution in [0.2, 0.25) is 0 Å². The van der Waals surface area contributed by atoms with Gasteiger partial charge in [0.25, 0.3) is 5.91 Å². The Hall–Kier alpha value is -1.94. The lowest BCUT2D eigenvalue weighted by atomic mass is 9.98. The van der Waals surface area contributed by atoms with Gasteiger partial charge in [-0.3, -0.25) is 19.9 Å². The summed E-state index contributed by atoms with van der Waals surface area (Å²) in [5, 5.41) is 14.5. The molecule has 3 aliphatic heterocycles. The maximum atomic E-state index is 13.0. The van der Waals surface area contributed by atoms with Crippen molar-refractivity contribution in [2.75, 3.05) is 13.2 Å². The molecule has 32 heavy (non-hydrogen) atoms. The lowest BCUT2D eigenvalue weighted by Gasteiger charge is -2.31.